The number of anilines is 1. The highest BCUT2D eigenvalue weighted by Crippen LogP contribution is 2.33. The van der Waals surface area contributed by atoms with Gasteiger partial charge in [0.05, 0.1) is 18.3 Å². The van der Waals surface area contributed by atoms with Crippen LogP contribution in [0.3, 0.4) is 0 Å². The molecule has 1 atom stereocenters. The van der Waals surface area contributed by atoms with Crippen LogP contribution in [0, 0.1) is 10.1 Å². The number of amides is 2. The first-order chi connectivity index (χ1) is 17.4. The third-order valence-electron chi connectivity index (χ3n) is 5.58. The number of nitrogens with one attached hydrogen (secondary N) is 1. The number of halogens is 1. The van der Waals surface area contributed by atoms with Crippen LogP contribution in [0.2, 0.25) is 5.02 Å². The van der Waals surface area contributed by atoms with E-state index in [1.54, 1.807) is 31.2 Å². The van der Waals surface area contributed by atoms with Crippen molar-refractivity contribution in [2.45, 2.75) is 39.3 Å². The fraction of sp³-hybridized carbons (Fsp3) is 0.417. The van der Waals surface area contributed by atoms with E-state index in [0.717, 1.165) is 29.5 Å². The largest absolute Gasteiger partial charge is 0.495 e. The lowest BCUT2D eigenvalue weighted by atomic mass is 10.1. The van der Waals surface area contributed by atoms with Crippen molar-refractivity contribution >= 4 is 44.8 Å². The number of unbranched alkanes of at least 4 members (excludes halogenated alkanes) is 1. The van der Waals surface area contributed by atoms with Gasteiger partial charge in [-0.25, -0.2) is 8.42 Å². The van der Waals surface area contributed by atoms with E-state index in [2.05, 4.69) is 5.32 Å². The molecule has 1 N–H and O–H groups in total. The monoisotopic (exact) mass is 554 g/mol. The summed E-state index contributed by atoms with van der Waals surface area (Å²) in [5.74, 6) is -1.06. The van der Waals surface area contributed by atoms with Gasteiger partial charge in [-0.1, -0.05) is 37.1 Å². The summed E-state index contributed by atoms with van der Waals surface area (Å²) in [6.07, 6.45) is 2.51. The summed E-state index contributed by atoms with van der Waals surface area (Å²) in [5, 5.41) is 14.6. The molecule has 13 heteroatoms. The highest BCUT2D eigenvalue weighted by molar-refractivity contribution is 7.92. The molecule has 37 heavy (non-hydrogen) atoms. The van der Waals surface area contributed by atoms with Crippen molar-refractivity contribution in [2.24, 2.45) is 0 Å². The molecular formula is C24H31ClN4O7S. The zero-order valence-electron chi connectivity index (χ0n) is 21.1. The van der Waals surface area contributed by atoms with Crippen molar-refractivity contribution in [1.29, 1.82) is 0 Å². The normalized spacial score (nSPS) is 11.9. The number of carbonyl (C=O) groups excluding carboxylic acids is 2. The predicted molar refractivity (Wildman–Crippen MR) is 141 cm³/mol. The van der Waals surface area contributed by atoms with Crippen LogP contribution in [0.25, 0.3) is 0 Å². The van der Waals surface area contributed by atoms with Crippen LogP contribution in [-0.2, 0) is 26.2 Å². The molecule has 0 spiro atoms. The number of ether oxygens (including phenoxy) is 1. The van der Waals surface area contributed by atoms with Gasteiger partial charge < -0.3 is 15.0 Å². The molecule has 0 unspecified atom stereocenters. The molecule has 0 saturated carbocycles. The Morgan fingerprint density at radius 2 is 1.84 bits per heavy atom. The molecule has 2 aromatic rings. The summed E-state index contributed by atoms with van der Waals surface area (Å²) in [6, 6.07) is 9.19. The molecule has 0 saturated heterocycles. The van der Waals surface area contributed by atoms with Crippen molar-refractivity contribution in [3.05, 3.63) is 63.2 Å². The number of non-ortho nitro benzene ring substituents is 1. The van der Waals surface area contributed by atoms with E-state index < -0.39 is 39.3 Å². The number of rotatable bonds is 13. The second kappa shape index (κ2) is 13.2. The number of benzene rings is 2. The molecule has 0 aliphatic heterocycles. The number of hydrogen-bond donors (Lipinski definition) is 1. The zero-order chi connectivity index (χ0) is 27.8. The lowest BCUT2D eigenvalue weighted by Crippen LogP contribution is -2.51. The molecule has 0 heterocycles. The van der Waals surface area contributed by atoms with Crippen molar-refractivity contribution < 1.29 is 27.7 Å². The van der Waals surface area contributed by atoms with Crippen LogP contribution < -0.4 is 14.4 Å². The summed E-state index contributed by atoms with van der Waals surface area (Å²) in [5.41, 5.74) is 0.127. The van der Waals surface area contributed by atoms with Gasteiger partial charge >= 0.3 is 0 Å². The van der Waals surface area contributed by atoms with E-state index in [0.29, 0.717) is 17.1 Å². The third-order valence-corrected chi connectivity index (χ3v) is 6.96. The highest BCUT2D eigenvalue weighted by atomic mass is 35.5. The minimum absolute atomic E-state index is 0.00202. The smallest absolute Gasteiger partial charge is 0.271 e. The van der Waals surface area contributed by atoms with Gasteiger partial charge in [0.15, 0.2) is 0 Å². The van der Waals surface area contributed by atoms with E-state index in [9.17, 15) is 28.1 Å². The minimum Gasteiger partial charge on any atom is -0.495 e. The Hall–Kier alpha value is -3.38. The number of nitro groups is 1. The second-order valence-electron chi connectivity index (χ2n) is 8.35. The maximum absolute atomic E-state index is 13.6. The van der Waals surface area contributed by atoms with Crippen LogP contribution >= 0.6 is 11.6 Å². The summed E-state index contributed by atoms with van der Waals surface area (Å²) in [6.45, 7) is 3.25. The Bertz CT molecular complexity index is 1220. The summed E-state index contributed by atoms with van der Waals surface area (Å²) in [4.78, 5) is 38.3. The Morgan fingerprint density at radius 3 is 2.38 bits per heavy atom. The third kappa shape index (κ3) is 8.32. The topological polar surface area (TPSA) is 139 Å². The molecule has 11 nitrogen and oxygen atoms in total. The molecule has 2 amide bonds. The maximum atomic E-state index is 13.6. The Kier molecular flexibility index (Phi) is 10.7. The van der Waals surface area contributed by atoms with Gasteiger partial charge in [-0.3, -0.25) is 24.0 Å². The fourth-order valence-electron chi connectivity index (χ4n) is 3.49. The van der Waals surface area contributed by atoms with Crippen LogP contribution in [-0.4, -0.2) is 62.6 Å². The summed E-state index contributed by atoms with van der Waals surface area (Å²) < 4.78 is 31.4. The zero-order valence-corrected chi connectivity index (χ0v) is 22.7. The van der Waals surface area contributed by atoms with Gasteiger partial charge in [-0.05, 0) is 37.1 Å². The average Bonchev–Trinajstić information content (AvgIpc) is 2.85. The van der Waals surface area contributed by atoms with Crippen LogP contribution in [0.1, 0.15) is 32.3 Å². The number of methoxy groups -OCH3 is 1. The van der Waals surface area contributed by atoms with E-state index in [-0.39, 0.29) is 23.7 Å². The van der Waals surface area contributed by atoms with Gasteiger partial charge in [-0.2, -0.15) is 0 Å². The lowest BCUT2D eigenvalue weighted by Gasteiger charge is -2.31. The standard InChI is InChI=1S/C24H31ClN4O7S/c1-5-6-13-26-24(31)17(2)27(15-18-7-9-19(25)10-8-18)23(30)16-28(37(4,34)35)21-14-20(29(32)33)11-12-22(21)36-3/h7-12,14,17H,5-6,13,15-16H2,1-4H3,(H,26,31)/t17-/m1/s1. The summed E-state index contributed by atoms with van der Waals surface area (Å²) >= 11 is 5.97. The van der Waals surface area contributed by atoms with E-state index >= 15 is 0 Å². The van der Waals surface area contributed by atoms with Crippen molar-refractivity contribution in [1.82, 2.24) is 10.2 Å². The number of nitrogens with zero attached hydrogens (tertiary/aromatic N) is 3. The average molecular weight is 555 g/mol. The van der Waals surface area contributed by atoms with Crippen LogP contribution in [0.15, 0.2) is 42.5 Å². The van der Waals surface area contributed by atoms with Gasteiger partial charge in [-0.15, -0.1) is 0 Å². The number of carbonyl (C=O) groups is 2. The Labute approximate surface area is 221 Å². The number of sulfonamides is 1. The number of hydrogen-bond acceptors (Lipinski definition) is 7. The first-order valence-corrected chi connectivity index (χ1v) is 13.7. The molecule has 0 bridgehead atoms. The van der Waals surface area contributed by atoms with Gasteiger partial charge in [0.1, 0.15) is 24.0 Å². The van der Waals surface area contributed by atoms with Crippen molar-refractivity contribution in [3.8, 4) is 5.75 Å². The lowest BCUT2D eigenvalue weighted by molar-refractivity contribution is -0.384. The second-order valence-corrected chi connectivity index (χ2v) is 10.7. The predicted octanol–water partition coefficient (Wildman–Crippen LogP) is 3.36. The number of nitro benzene ring substituents is 1. The van der Waals surface area contributed by atoms with Gasteiger partial charge in [0, 0.05) is 30.2 Å². The van der Waals surface area contributed by atoms with Crippen LogP contribution in [0.5, 0.6) is 5.75 Å². The van der Waals surface area contributed by atoms with Gasteiger partial charge in [0.2, 0.25) is 21.8 Å². The van der Waals surface area contributed by atoms with Crippen LogP contribution in [0.4, 0.5) is 11.4 Å². The highest BCUT2D eigenvalue weighted by Gasteiger charge is 2.32. The first kappa shape index (κ1) is 29.8. The molecule has 2 rings (SSSR count). The first-order valence-electron chi connectivity index (χ1n) is 11.5. The van der Waals surface area contributed by atoms with E-state index in [1.807, 2.05) is 6.92 Å². The molecule has 0 aromatic heterocycles. The minimum atomic E-state index is -4.10. The fourth-order valence-corrected chi connectivity index (χ4v) is 4.46. The molecule has 0 radical (unpaired) electrons. The maximum Gasteiger partial charge on any atom is 0.271 e. The van der Waals surface area contributed by atoms with E-state index in [1.165, 1.54) is 24.1 Å². The molecule has 0 fully saturated rings. The molecule has 2 aromatic carbocycles. The molecule has 0 aliphatic carbocycles. The van der Waals surface area contributed by atoms with Crippen molar-refractivity contribution in [2.75, 3.05) is 30.8 Å². The van der Waals surface area contributed by atoms with Gasteiger partial charge in [0.25, 0.3) is 5.69 Å². The summed E-state index contributed by atoms with van der Waals surface area (Å²) in [7, 11) is -2.82. The van der Waals surface area contributed by atoms with Crippen molar-refractivity contribution in [3.63, 3.8) is 0 Å². The SMILES string of the molecule is CCCCNC(=O)[C@@H](C)N(Cc1ccc(Cl)cc1)C(=O)CN(c1cc([N+](=O)[O-])ccc1OC)S(C)(=O)=O. The van der Waals surface area contributed by atoms with E-state index in [4.69, 9.17) is 16.3 Å². The quantitative estimate of drug-likeness (QED) is 0.227. The Balaban J connectivity index is 2.47. The molecular weight excluding hydrogens is 524 g/mol. The molecule has 0 aliphatic rings. The Morgan fingerprint density at radius 1 is 1.19 bits per heavy atom. The molecule has 202 valence electrons.